The lowest BCUT2D eigenvalue weighted by Crippen LogP contribution is -2.38. The van der Waals surface area contributed by atoms with Gasteiger partial charge in [-0.2, -0.15) is 0 Å². The first-order valence-corrected chi connectivity index (χ1v) is 11.7. The molecular formula is C25H32N6O4. The Bertz CT molecular complexity index is 1120. The Kier molecular flexibility index (Phi) is 7.94. The van der Waals surface area contributed by atoms with E-state index in [1.165, 1.54) is 0 Å². The van der Waals surface area contributed by atoms with E-state index in [-0.39, 0.29) is 11.3 Å². The molecule has 0 unspecified atom stereocenters. The highest BCUT2D eigenvalue weighted by molar-refractivity contribution is 6.06. The summed E-state index contributed by atoms with van der Waals surface area (Å²) in [6.45, 7) is 11.3. The van der Waals surface area contributed by atoms with Crippen molar-refractivity contribution in [2.24, 2.45) is 0 Å². The number of nitrogens with zero attached hydrogens (tertiary/aromatic N) is 4. The van der Waals surface area contributed by atoms with Gasteiger partial charge in [0, 0.05) is 56.1 Å². The van der Waals surface area contributed by atoms with Gasteiger partial charge >= 0.3 is 0 Å². The first kappa shape index (κ1) is 24.6. The van der Waals surface area contributed by atoms with Gasteiger partial charge in [-0.25, -0.2) is 9.97 Å². The molecule has 10 nitrogen and oxygen atoms in total. The summed E-state index contributed by atoms with van der Waals surface area (Å²) in [5, 5.41) is 10.0. The fourth-order valence-corrected chi connectivity index (χ4v) is 3.53. The van der Waals surface area contributed by atoms with Gasteiger partial charge in [0.2, 0.25) is 11.8 Å². The molecule has 4 heterocycles. The zero-order chi connectivity index (χ0) is 24.7. The van der Waals surface area contributed by atoms with E-state index in [4.69, 9.17) is 14.0 Å². The maximum atomic E-state index is 12.9. The lowest BCUT2D eigenvalue weighted by Gasteiger charge is -2.26. The average molecular weight is 481 g/mol. The van der Waals surface area contributed by atoms with Crippen LogP contribution in [0.15, 0.2) is 47.2 Å². The SMILES string of the molecule is CC(C)(C)c1cc(NC(=O)c2cccnc2NCc2ccnc(OCCN3CCOCC3)c2)on1. The first-order chi connectivity index (χ1) is 16.9. The minimum Gasteiger partial charge on any atom is -0.476 e. The molecule has 0 radical (unpaired) electrons. The van der Waals surface area contributed by atoms with Crippen molar-refractivity contribution in [1.82, 2.24) is 20.0 Å². The Labute approximate surface area is 205 Å². The molecule has 10 heteroatoms. The van der Waals surface area contributed by atoms with Crippen LogP contribution in [0.2, 0.25) is 0 Å². The van der Waals surface area contributed by atoms with Crippen molar-refractivity contribution in [3.63, 3.8) is 0 Å². The third-order valence-corrected chi connectivity index (χ3v) is 5.59. The minimum absolute atomic E-state index is 0.177. The largest absolute Gasteiger partial charge is 0.476 e. The Hall–Kier alpha value is -3.50. The molecule has 1 aliphatic rings. The monoisotopic (exact) mass is 480 g/mol. The van der Waals surface area contributed by atoms with E-state index in [0.29, 0.717) is 36.3 Å². The van der Waals surface area contributed by atoms with Gasteiger partial charge in [-0.15, -0.1) is 0 Å². The van der Waals surface area contributed by atoms with Gasteiger partial charge < -0.3 is 19.3 Å². The van der Waals surface area contributed by atoms with E-state index in [2.05, 4.69) is 30.7 Å². The summed E-state index contributed by atoms with van der Waals surface area (Å²) in [5.41, 5.74) is 1.95. The normalized spacial score (nSPS) is 14.5. The van der Waals surface area contributed by atoms with Gasteiger partial charge in [-0.1, -0.05) is 25.9 Å². The van der Waals surface area contributed by atoms with E-state index in [1.807, 2.05) is 32.9 Å². The van der Waals surface area contributed by atoms with Gasteiger partial charge in [-0.3, -0.25) is 15.0 Å². The molecule has 3 aromatic rings. The summed E-state index contributed by atoms with van der Waals surface area (Å²) in [5.74, 6) is 0.991. The summed E-state index contributed by atoms with van der Waals surface area (Å²) in [7, 11) is 0. The first-order valence-electron chi connectivity index (χ1n) is 11.7. The third-order valence-electron chi connectivity index (χ3n) is 5.59. The molecule has 4 rings (SSSR count). The molecule has 0 aliphatic carbocycles. The van der Waals surface area contributed by atoms with Crippen LogP contribution in [0.3, 0.4) is 0 Å². The number of nitrogens with one attached hydrogen (secondary N) is 2. The summed E-state index contributed by atoms with van der Waals surface area (Å²) >= 11 is 0. The molecule has 3 aromatic heterocycles. The predicted molar refractivity (Wildman–Crippen MR) is 132 cm³/mol. The van der Waals surface area contributed by atoms with Crippen LogP contribution >= 0.6 is 0 Å². The maximum absolute atomic E-state index is 12.9. The number of morpholine rings is 1. The molecule has 1 amide bonds. The summed E-state index contributed by atoms with van der Waals surface area (Å²) < 4.78 is 16.5. The highest BCUT2D eigenvalue weighted by Crippen LogP contribution is 2.24. The molecule has 0 aromatic carbocycles. The standard InChI is InChI=1S/C25H32N6O4/c1-25(2,3)20-16-22(35-30-20)29-24(32)19-5-4-7-27-23(19)28-17-18-6-8-26-21(15-18)34-14-11-31-9-12-33-13-10-31/h4-8,15-16H,9-14,17H2,1-3H3,(H,27,28)(H,29,32). The van der Waals surface area contributed by atoms with E-state index in [0.717, 1.165) is 44.1 Å². The Morgan fingerprint density at radius 2 is 1.97 bits per heavy atom. The topological polar surface area (TPSA) is 115 Å². The number of aromatic nitrogens is 3. The fraction of sp³-hybridized carbons (Fsp3) is 0.440. The predicted octanol–water partition coefficient (Wildman–Crippen LogP) is 3.34. The van der Waals surface area contributed by atoms with Crippen LogP contribution in [0.1, 0.15) is 42.4 Å². The highest BCUT2D eigenvalue weighted by Gasteiger charge is 2.21. The quantitative estimate of drug-likeness (QED) is 0.476. The van der Waals surface area contributed by atoms with Gasteiger partial charge in [-0.05, 0) is 23.8 Å². The summed E-state index contributed by atoms with van der Waals surface area (Å²) in [6.07, 6.45) is 3.35. The molecule has 1 saturated heterocycles. The van der Waals surface area contributed by atoms with Crippen molar-refractivity contribution in [2.75, 3.05) is 50.1 Å². The lowest BCUT2D eigenvalue weighted by molar-refractivity contribution is 0.0320. The molecule has 1 aliphatic heterocycles. The number of pyridine rings is 2. The minimum atomic E-state index is -0.334. The molecule has 1 fully saturated rings. The van der Waals surface area contributed by atoms with Crippen LogP contribution in [0.4, 0.5) is 11.7 Å². The number of carbonyl (C=O) groups is 1. The number of hydrogen-bond donors (Lipinski definition) is 2. The van der Waals surface area contributed by atoms with E-state index >= 15 is 0 Å². The van der Waals surface area contributed by atoms with Gasteiger partial charge in [0.15, 0.2) is 0 Å². The third kappa shape index (κ3) is 7.00. The Morgan fingerprint density at radius 3 is 2.74 bits per heavy atom. The van der Waals surface area contributed by atoms with Crippen LogP contribution in [0, 0.1) is 0 Å². The van der Waals surface area contributed by atoms with E-state index in [1.54, 1.807) is 30.6 Å². The van der Waals surface area contributed by atoms with Crippen molar-refractivity contribution < 1.29 is 18.8 Å². The molecule has 0 spiro atoms. The van der Waals surface area contributed by atoms with Crippen LogP contribution in [0.5, 0.6) is 5.88 Å². The van der Waals surface area contributed by atoms with E-state index < -0.39 is 0 Å². The zero-order valence-corrected chi connectivity index (χ0v) is 20.4. The smallest absolute Gasteiger partial charge is 0.261 e. The molecule has 0 saturated carbocycles. The number of amides is 1. The van der Waals surface area contributed by atoms with Crippen molar-refractivity contribution in [3.05, 3.63) is 59.5 Å². The number of anilines is 2. The van der Waals surface area contributed by atoms with Crippen LogP contribution < -0.4 is 15.4 Å². The number of rotatable bonds is 9. The Morgan fingerprint density at radius 1 is 1.14 bits per heavy atom. The second-order valence-corrected chi connectivity index (χ2v) is 9.34. The lowest BCUT2D eigenvalue weighted by atomic mass is 9.92. The van der Waals surface area contributed by atoms with Crippen molar-refractivity contribution >= 4 is 17.6 Å². The number of hydrogen-bond acceptors (Lipinski definition) is 9. The Balaban J connectivity index is 1.33. The number of carbonyl (C=O) groups excluding carboxylic acids is 1. The molecule has 186 valence electrons. The molecule has 0 bridgehead atoms. The summed E-state index contributed by atoms with van der Waals surface area (Å²) in [6, 6.07) is 8.94. The van der Waals surface area contributed by atoms with Crippen LogP contribution in [0.25, 0.3) is 0 Å². The second kappa shape index (κ2) is 11.3. The van der Waals surface area contributed by atoms with Crippen molar-refractivity contribution in [1.29, 1.82) is 0 Å². The van der Waals surface area contributed by atoms with Gasteiger partial charge in [0.1, 0.15) is 12.4 Å². The average Bonchev–Trinajstić information content (AvgIpc) is 3.33. The van der Waals surface area contributed by atoms with E-state index in [9.17, 15) is 4.79 Å². The maximum Gasteiger partial charge on any atom is 0.261 e. The van der Waals surface area contributed by atoms with Gasteiger partial charge in [0.25, 0.3) is 5.91 Å². The molecular weight excluding hydrogens is 448 g/mol. The molecule has 2 N–H and O–H groups in total. The molecule has 35 heavy (non-hydrogen) atoms. The van der Waals surface area contributed by atoms with Crippen LogP contribution in [-0.4, -0.2) is 65.4 Å². The highest BCUT2D eigenvalue weighted by atomic mass is 16.5. The van der Waals surface area contributed by atoms with Gasteiger partial charge in [0.05, 0.1) is 24.5 Å². The summed E-state index contributed by atoms with van der Waals surface area (Å²) in [4.78, 5) is 23.8. The van der Waals surface area contributed by atoms with Crippen molar-refractivity contribution in [3.8, 4) is 5.88 Å². The van der Waals surface area contributed by atoms with Crippen LogP contribution in [-0.2, 0) is 16.7 Å². The zero-order valence-electron chi connectivity index (χ0n) is 20.4. The fourth-order valence-electron chi connectivity index (χ4n) is 3.53. The van der Waals surface area contributed by atoms with Crippen molar-refractivity contribution in [2.45, 2.75) is 32.7 Å². The second-order valence-electron chi connectivity index (χ2n) is 9.34. The molecule has 0 atom stereocenters. The number of ether oxygens (including phenoxy) is 2.